The quantitative estimate of drug-likeness (QED) is 0.664. The number of aromatic amines is 1. The monoisotopic (exact) mass is 418 g/mol. The van der Waals surface area contributed by atoms with E-state index in [1.165, 1.54) is 0 Å². The van der Waals surface area contributed by atoms with Crippen LogP contribution in [0.2, 0.25) is 0 Å². The molecule has 1 unspecified atom stereocenters. The lowest BCUT2D eigenvalue weighted by Gasteiger charge is -2.25. The Balaban J connectivity index is 1.56. The molecule has 2 heterocycles. The Morgan fingerprint density at radius 3 is 2.58 bits per heavy atom. The number of aromatic nitrogens is 2. The zero-order valence-corrected chi connectivity index (χ0v) is 17.9. The SMILES string of the molecule is CC(C)(C)OC(=O)NCC(=O)N1c2ccccc2CC1c1ncc(-c2ccccc2)[nH]1. The number of H-pyrrole nitrogens is 1. The van der Waals surface area contributed by atoms with Gasteiger partial charge < -0.3 is 15.0 Å². The van der Waals surface area contributed by atoms with E-state index < -0.39 is 11.7 Å². The number of hydrogen-bond acceptors (Lipinski definition) is 4. The molecule has 0 bridgehead atoms. The molecule has 0 spiro atoms. The summed E-state index contributed by atoms with van der Waals surface area (Å²) < 4.78 is 5.24. The first kappa shape index (κ1) is 20.7. The number of anilines is 1. The Labute approximate surface area is 181 Å². The lowest BCUT2D eigenvalue weighted by Crippen LogP contribution is -2.42. The molecule has 2 aromatic carbocycles. The Morgan fingerprint density at radius 2 is 1.84 bits per heavy atom. The Hall–Kier alpha value is -3.61. The average Bonchev–Trinajstić information content (AvgIpc) is 3.36. The Kier molecular flexibility index (Phi) is 5.50. The van der Waals surface area contributed by atoms with Gasteiger partial charge in [0.25, 0.3) is 0 Å². The number of ether oxygens (including phenoxy) is 1. The molecule has 0 radical (unpaired) electrons. The topological polar surface area (TPSA) is 87.3 Å². The highest BCUT2D eigenvalue weighted by Crippen LogP contribution is 2.39. The van der Waals surface area contributed by atoms with Crippen molar-refractivity contribution in [2.24, 2.45) is 0 Å². The van der Waals surface area contributed by atoms with Gasteiger partial charge in [0.15, 0.2) is 0 Å². The van der Waals surface area contributed by atoms with Gasteiger partial charge in [0.1, 0.15) is 18.0 Å². The fourth-order valence-electron chi connectivity index (χ4n) is 3.73. The van der Waals surface area contributed by atoms with Gasteiger partial charge in [0, 0.05) is 12.1 Å². The van der Waals surface area contributed by atoms with Crippen LogP contribution in [0.4, 0.5) is 10.5 Å². The predicted octanol–water partition coefficient (Wildman–Crippen LogP) is 4.23. The number of alkyl carbamates (subject to hydrolysis) is 1. The van der Waals surface area contributed by atoms with Gasteiger partial charge in [-0.2, -0.15) is 0 Å². The number of rotatable bonds is 4. The molecule has 160 valence electrons. The second kappa shape index (κ2) is 8.26. The highest BCUT2D eigenvalue weighted by atomic mass is 16.6. The van der Waals surface area contributed by atoms with Crippen molar-refractivity contribution in [3.63, 3.8) is 0 Å². The molecule has 1 atom stereocenters. The van der Waals surface area contributed by atoms with Crippen molar-refractivity contribution in [1.29, 1.82) is 0 Å². The van der Waals surface area contributed by atoms with Crippen molar-refractivity contribution < 1.29 is 14.3 Å². The zero-order chi connectivity index (χ0) is 22.0. The first-order chi connectivity index (χ1) is 14.8. The highest BCUT2D eigenvalue weighted by Gasteiger charge is 2.36. The summed E-state index contributed by atoms with van der Waals surface area (Å²) in [7, 11) is 0. The van der Waals surface area contributed by atoms with Crippen LogP contribution in [0, 0.1) is 0 Å². The van der Waals surface area contributed by atoms with Crippen LogP contribution in [0.5, 0.6) is 0 Å². The number of hydrogen-bond donors (Lipinski definition) is 2. The van der Waals surface area contributed by atoms with Crippen molar-refractivity contribution in [1.82, 2.24) is 15.3 Å². The molecule has 1 aliphatic heterocycles. The molecule has 2 amide bonds. The van der Waals surface area contributed by atoms with Crippen LogP contribution in [0.1, 0.15) is 38.2 Å². The number of para-hydroxylation sites is 1. The summed E-state index contributed by atoms with van der Waals surface area (Å²) in [6.45, 7) is 5.18. The van der Waals surface area contributed by atoms with Crippen LogP contribution in [-0.2, 0) is 16.0 Å². The summed E-state index contributed by atoms with van der Waals surface area (Å²) in [5.41, 5.74) is 3.20. The van der Waals surface area contributed by atoms with Gasteiger partial charge >= 0.3 is 6.09 Å². The summed E-state index contributed by atoms with van der Waals surface area (Å²) in [6, 6.07) is 17.4. The lowest BCUT2D eigenvalue weighted by atomic mass is 10.1. The largest absolute Gasteiger partial charge is 0.444 e. The summed E-state index contributed by atoms with van der Waals surface area (Å²) >= 11 is 0. The molecule has 3 aromatic rings. The molecular weight excluding hydrogens is 392 g/mol. The lowest BCUT2D eigenvalue weighted by molar-refractivity contribution is -0.118. The second-order valence-corrected chi connectivity index (χ2v) is 8.52. The number of nitrogens with one attached hydrogen (secondary N) is 2. The summed E-state index contributed by atoms with van der Waals surface area (Å²) in [5.74, 6) is 0.485. The van der Waals surface area contributed by atoms with E-state index in [0.29, 0.717) is 12.2 Å². The summed E-state index contributed by atoms with van der Waals surface area (Å²) in [4.78, 5) is 34.8. The minimum absolute atomic E-state index is 0.161. The zero-order valence-electron chi connectivity index (χ0n) is 17.9. The minimum atomic E-state index is -0.627. The molecule has 4 rings (SSSR count). The molecule has 0 aliphatic carbocycles. The van der Waals surface area contributed by atoms with Crippen LogP contribution >= 0.6 is 0 Å². The number of nitrogens with zero attached hydrogens (tertiary/aromatic N) is 2. The van der Waals surface area contributed by atoms with E-state index in [1.807, 2.05) is 54.6 Å². The van der Waals surface area contributed by atoms with E-state index in [-0.39, 0.29) is 18.5 Å². The molecule has 1 aliphatic rings. The molecule has 0 fully saturated rings. The average molecular weight is 418 g/mol. The Morgan fingerprint density at radius 1 is 1.13 bits per heavy atom. The third-order valence-corrected chi connectivity index (χ3v) is 5.02. The maximum Gasteiger partial charge on any atom is 0.408 e. The molecule has 2 N–H and O–H groups in total. The normalized spacial score (nSPS) is 15.5. The van der Waals surface area contributed by atoms with Gasteiger partial charge in [-0.05, 0) is 38.0 Å². The van der Waals surface area contributed by atoms with Gasteiger partial charge in [-0.1, -0.05) is 48.5 Å². The van der Waals surface area contributed by atoms with Crippen molar-refractivity contribution in [2.45, 2.75) is 38.8 Å². The van der Waals surface area contributed by atoms with E-state index in [0.717, 1.165) is 22.5 Å². The fraction of sp³-hybridized carbons (Fsp3) is 0.292. The van der Waals surface area contributed by atoms with Gasteiger partial charge in [0.05, 0.1) is 17.9 Å². The maximum atomic E-state index is 13.2. The first-order valence-corrected chi connectivity index (χ1v) is 10.3. The van der Waals surface area contributed by atoms with Crippen LogP contribution in [0.25, 0.3) is 11.3 Å². The van der Waals surface area contributed by atoms with Crippen molar-refractivity contribution >= 4 is 17.7 Å². The molecule has 1 aromatic heterocycles. The standard InChI is InChI=1S/C24H26N4O3/c1-24(2,3)31-23(30)26-15-21(29)28-19-12-8-7-11-17(19)13-20(28)22-25-14-18(27-22)16-9-5-4-6-10-16/h4-12,14,20H,13,15H2,1-3H3,(H,25,27)(H,26,30). The number of amides is 2. The minimum Gasteiger partial charge on any atom is -0.444 e. The van der Waals surface area contributed by atoms with Crippen molar-refractivity contribution in [3.8, 4) is 11.3 Å². The summed E-state index contributed by atoms with van der Waals surface area (Å²) in [6.07, 6.45) is 1.82. The third kappa shape index (κ3) is 4.60. The van der Waals surface area contributed by atoms with E-state index in [2.05, 4.69) is 15.3 Å². The molecular formula is C24H26N4O3. The van der Waals surface area contributed by atoms with E-state index in [4.69, 9.17) is 4.74 Å². The van der Waals surface area contributed by atoms with Crippen LogP contribution in [-0.4, -0.2) is 34.1 Å². The van der Waals surface area contributed by atoms with Crippen LogP contribution < -0.4 is 10.2 Å². The first-order valence-electron chi connectivity index (χ1n) is 10.3. The molecule has 0 saturated carbocycles. The fourth-order valence-corrected chi connectivity index (χ4v) is 3.73. The van der Waals surface area contributed by atoms with Crippen LogP contribution in [0.15, 0.2) is 60.8 Å². The van der Waals surface area contributed by atoms with Crippen molar-refractivity contribution in [3.05, 3.63) is 72.2 Å². The van der Waals surface area contributed by atoms with Gasteiger partial charge in [-0.3, -0.25) is 9.69 Å². The Bertz CT molecular complexity index is 1090. The van der Waals surface area contributed by atoms with Gasteiger partial charge in [-0.25, -0.2) is 9.78 Å². The molecule has 0 saturated heterocycles. The number of carbonyl (C=O) groups is 2. The second-order valence-electron chi connectivity index (χ2n) is 8.52. The molecule has 7 heteroatoms. The smallest absolute Gasteiger partial charge is 0.408 e. The van der Waals surface area contributed by atoms with Gasteiger partial charge in [0.2, 0.25) is 5.91 Å². The van der Waals surface area contributed by atoms with E-state index in [9.17, 15) is 9.59 Å². The van der Waals surface area contributed by atoms with Crippen molar-refractivity contribution in [2.75, 3.05) is 11.4 Å². The highest BCUT2D eigenvalue weighted by molar-refractivity contribution is 5.98. The maximum absolute atomic E-state index is 13.2. The number of carbonyl (C=O) groups excluding carboxylic acids is 2. The number of imidazole rings is 1. The summed E-state index contributed by atoms with van der Waals surface area (Å²) in [5, 5.41) is 2.57. The van der Waals surface area contributed by atoms with E-state index in [1.54, 1.807) is 31.9 Å². The molecule has 31 heavy (non-hydrogen) atoms. The van der Waals surface area contributed by atoms with Crippen LogP contribution in [0.3, 0.4) is 0 Å². The predicted molar refractivity (Wildman–Crippen MR) is 119 cm³/mol. The number of benzene rings is 2. The third-order valence-electron chi connectivity index (χ3n) is 5.02. The van der Waals surface area contributed by atoms with E-state index >= 15 is 0 Å². The number of fused-ring (bicyclic) bond motifs is 1. The van der Waals surface area contributed by atoms with Gasteiger partial charge in [-0.15, -0.1) is 0 Å². The molecule has 7 nitrogen and oxygen atoms in total.